The number of alkyl halides is 2. The van der Waals surface area contributed by atoms with Crippen LogP contribution in [0.4, 0.5) is 8.78 Å². The predicted octanol–water partition coefficient (Wildman–Crippen LogP) is 4.04. The second kappa shape index (κ2) is 6.21. The monoisotopic (exact) mass is 220 g/mol. The summed E-state index contributed by atoms with van der Waals surface area (Å²) in [5.41, 5.74) is 0.136. The van der Waals surface area contributed by atoms with Gasteiger partial charge in [-0.3, -0.25) is 0 Å². The number of halogens is 2. The van der Waals surface area contributed by atoms with Crippen molar-refractivity contribution in [3.8, 4) is 0 Å². The van der Waals surface area contributed by atoms with Crippen molar-refractivity contribution < 1.29 is 13.5 Å². The zero-order valence-electron chi connectivity index (χ0n) is 10.1. The highest BCUT2D eigenvalue weighted by Gasteiger charge is 2.17. The first-order chi connectivity index (χ1) is 6.77. The van der Waals surface area contributed by atoms with E-state index >= 15 is 0 Å². The molecule has 0 aliphatic heterocycles. The van der Waals surface area contributed by atoms with Gasteiger partial charge in [0, 0.05) is 14.0 Å². The van der Waals surface area contributed by atoms with Crippen LogP contribution in [0, 0.1) is 5.41 Å². The highest BCUT2D eigenvalue weighted by atomic mass is 19.3. The molecule has 0 saturated heterocycles. The summed E-state index contributed by atoms with van der Waals surface area (Å²) in [5, 5.41) is 0. The molecular weight excluding hydrogens is 198 g/mol. The van der Waals surface area contributed by atoms with E-state index in [1.54, 1.807) is 13.2 Å². The smallest absolute Gasteiger partial charge is 0.263 e. The van der Waals surface area contributed by atoms with Gasteiger partial charge in [-0.25, -0.2) is 8.78 Å². The highest BCUT2D eigenvalue weighted by molar-refractivity contribution is 4.91. The Balaban J connectivity index is 3.67. The van der Waals surface area contributed by atoms with Crippen molar-refractivity contribution in [2.45, 2.75) is 46.0 Å². The maximum Gasteiger partial charge on any atom is 0.263 e. The third kappa shape index (κ3) is 9.85. The molecule has 0 spiro atoms. The Morgan fingerprint density at radius 3 is 2.27 bits per heavy atom. The van der Waals surface area contributed by atoms with E-state index in [-0.39, 0.29) is 5.41 Å². The topological polar surface area (TPSA) is 9.23 Å². The Kier molecular flexibility index (Phi) is 6.03. The Hall–Kier alpha value is -0.440. The molecule has 0 amide bonds. The summed E-state index contributed by atoms with van der Waals surface area (Å²) in [6, 6.07) is 0. The minimum atomic E-state index is -2.68. The first kappa shape index (κ1) is 14.6. The number of rotatable bonds is 7. The summed E-state index contributed by atoms with van der Waals surface area (Å²) >= 11 is 0. The van der Waals surface area contributed by atoms with Crippen molar-refractivity contribution in [3.05, 3.63) is 12.2 Å². The maximum absolute atomic E-state index is 12.4. The lowest BCUT2D eigenvalue weighted by atomic mass is 9.88. The molecule has 0 radical (unpaired) electrons. The molecule has 90 valence electrons. The van der Waals surface area contributed by atoms with Gasteiger partial charge >= 0.3 is 0 Å². The van der Waals surface area contributed by atoms with Gasteiger partial charge in [0.15, 0.2) is 0 Å². The van der Waals surface area contributed by atoms with Crippen molar-refractivity contribution >= 4 is 0 Å². The van der Waals surface area contributed by atoms with E-state index < -0.39 is 5.92 Å². The Labute approximate surface area is 91.5 Å². The van der Waals surface area contributed by atoms with Crippen LogP contribution in [-0.4, -0.2) is 19.6 Å². The summed E-state index contributed by atoms with van der Waals surface area (Å²) in [4.78, 5) is 0. The summed E-state index contributed by atoms with van der Waals surface area (Å²) < 4.78 is 29.9. The van der Waals surface area contributed by atoms with Gasteiger partial charge in [0.1, 0.15) is 0 Å². The van der Waals surface area contributed by atoms with E-state index in [2.05, 4.69) is 13.8 Å². The third-order valence-corrected chi connectivity index (χ3v) is 2.17. The Morgan fingerprint density at radius 2 is 1.80 bits per heavy atom. The molecule has 1 nitrogen and oxygen atoms in total. The standard InChI is InChI=1S/C12H22F2O/c1-11(2,10-15-4)8-6-5-7-9-12(3,13)14/h7,9H,5-6,8,10H2,1-4H3. The second-order valence-electron chi connectivity index (χ2n) is 4.85. The summed E-state index contributed by atoms with van der Waals surface area (Å²) in [6.07, 6.45) is 5.14. The van der Waals surface area contributed by atoms with Gasteiger partial charge in [0.25, 0.3) is 5.92 Å². The normalized spacial score (nSPS) is 13.7. The SMILES string of the molecule is COCC(C)(C)CCCC=CC(C)(F)F. The van der Waals surface area contributed by atoms with Crippen LogP contribution < -0.4 is 0 Å². The van der Waals surface area contributed by atoms with Gasteiger partial charge in [-0.15, -0.1) is 0 Å². The van der Waals surface area contributed by atoms with Crippen LogP contribution >= 0.6 is 0 Å². The van der Waals surface area contributed by atoms with Crippen LogP contribution in [0.25, 0.3) is 0 Å². The maximum atomic E-state index is 12.4. The van der Waals surface area contributed by atoms with Gasteiger partial charge in [0.2, 0.25) is 0 Å². The van der Waals surface area contributed by atoms with Crippen LogP contribution in [-0.2, 0) is 4.74 Å². The molecule has 0 aliphatic carbocycles. The molecule has 0 aromatic heterocycles. The molecule has 0 aromatic rings. The highest BCUT2D eigenvalue weighted by Crippen LogP contribution is 2.23. The number of hydrogen-bond acceptors (Lipinski definition) is 1. The average Bonchev–Trinajstić information content (AvgIpc) is 2.00. The first-order valence-corrected chi connectivity index (χ1v) is 5.31. The van der Waals surface area contributed by atoms with Crippen molar-refractivity contribution in [2.75, 3.05) is 13.7 Å². The third-order valence-electron chi connectivity index (χ3n) is 2.17. The van der Waals surface area contributed by atoms with Gasteiger partial charge in [0.05, 0.1) is 6.61 Å². The lowest BCUT2D eigenvalue weighted by molar-refractivity contribution is 0.0770. The minimum absolute atomic E-state index is 0.136. The van der Waals surface area contributed by atoms with E-state index in [0.29, 0.717) is 13.0 Å². The molecule has 0 heterocycles. The number of hydrogen-bond donors (Lipinski definition) is 0. The van der Waals surface area contributed by atoms with Gasteiger partial charge in [-0.1, -0.05) is 19.9 Å². The Bertz CT molecular complexity index is 192. The van der Waals surface area contributed by atoms with Crippen molar-refractivity contribution in [1.82, 2.24) is 0 Å². The van der Waals surface area contributed by atoms with Crippen molar-refractivity contribution in [2.24, 2.45) is 5.41 Å². The molecule has 3 heteroatoms. The zero-order valence-corrected chi connectivity index (χ0v) is 10.1. The van der Waals surface area contributed by atoms with Crippen molar-refractivity contribution in [1.29, 1.82) is 0 Å². The predicted molar refractivity (Wildman–Crippen MR) is 59.3 cm³/mol. The first-order valence-electron chi connectivity index (χ1n) is 5.31. The van der Waals surface area contributed by atoms with E-state index in [0.717, 1.165) is 25.8 Å². The molecule has 0 saturated carbocycles. The lowest BCUT2D eigenvalue weighted by Gasteiger charge is -2.22. The number of unbranched alkanes of at least 4 members (excludes halogenated alkanes) is 1. The Morgan fingerprint density at radius 1 is 1.20 bits per heavy atom. The van der Waals surface area contributed by atoms with E-state index in [1.807, 2.05) is 0 Å². The van der Waals surface area contributed by atoms with E-state index in [1.165, 1.54) is 0 Å². The van der Waals surface area contributed by atoms with E-state index in [9.17, 15) is 8.78 Å². The fraction of sp³-hybridized carbons (Fsp3) is 0.833. The molecule has 0 fully saturated rings. The zero-order chi connectivity index (χ0) is 11.9. The van der Waals surface area contributed by atoms with Crippen LogP contribution in [0.2, 0.25) is 0 Å². The lowest BCUT2D eigenvalue weighted by Crippen LogP contribution is -2.17. The van der Waals surface area contributed by atoms with Crippen LogP contribution in [0.1, 0.15) is 40.0 Å². The second-order valence-corrected chi connectivity index (χ2v) is 4.85. The molecule has 0 atom stereocenters. The molecule has 15 heavy (non-hydrogen) atoms. The summed E-state index contributed by atoms with van der Waals surface area (Å²) in [6.45, 7) is 5.85. The van der Waals surface area contributed by atoms with Crippen LogP contribution in [0.3, 0.4) is 0 Å². The van der Waals surface area contributed by atoms with Crippen LogP contribution in [0.15, 0.2) is 12.2 Å². The average molecular weight is 220 g/mol. The van der Waals surface area contributed by atoms with Crippen molar-refractivity contribution in [3.63, 3.8) is 0 Å². The molecule has 0 unspecified atom stereocenters. The number of ether oxygens (including phenoxy) is 1. The molecule has 0 aromatic carbocycles. The molecule has 0 N–H and O–H groups in total. The van der Waals surface area contributed by atoms with E-state index in [4.69, 9.17) is 4.74 Å². The van der Waals surface area contributed by atoms with Gasteiger partial charge in [-0.05, 0) is 30.8 Å². The molecule has 0 bridgehead atoms. The number of methoxy groups -OCH3 is 1. The largest absolute Gasteiger partial charge is 0.384 e. The summed E-state index contributed by atoms with van der Waals surface area (Å²) in [5.74, 6) is -2.68. The van der Waals surface area contributed by atoms with Crippen LogP contribution in [0.5, 0.6) is 0 Å². The molecular formula is C12H22F2O. The molecule has 0 rings (SSSR count). The summed E-state index contributed by atoms with van der Waals surface area (Å²) in [7, 11) is 1.68. The fourth-order valence-electron chi connectivity index (χ4n) is 1.45. The van der Waals surface area contributed by atoms with Gasteiger partial charge in [-0.2, -0.15) is 0 Å². The fourth-order valence-corrected chi connectivity index (χ4v) is 1.45. The van der Waals surface area contributed by atoms with Gasteiger partial charge < -0.3 is 4.74 Å². The number of allylic oxidation sites excluding steroid dienone is 2. The molecule has 0 aliphatic rings. The minimum Gasteiger partial charge on any atom is -0.384 e. The quantitative estimate of drug-likeness (QED) is 0.464.